The van der Waals surface area contributed by atoms with Crippen molar-refractivity contribution >= 4 is 23.6 Å². The molecule has 0 saturated carbocycles. The number of benzene rings is 2. The lowest BCUT2D eigenvalue weighted by molar-refractivity contribution is -0.152. The highest BCUT2D eigenvalue weighted by Crippen LogP contribution is 2.37. The molecule has 0 aromatic heterocycles. The minimum Gasteiger partial charge on any atom is -0.343 e. The molecule has 9 nitrogen and oxygen atoms in total. The number of nitrogens with one attached hydrogen (secondary N) is 3. The third kappa shape index (κ3) is 7.01. The third-order valence-corrected chi connectivity index (χ3v) is 8.39. The molecule has 42 heavy (non-hydrogen) atoms. The zero-order valence-electron chi connectivity index (χ0n) is 25.5. The second-order valence-corrected chi connectivity index (χ2v) is 12.8. The van der Waals surface area contributed by atoms with Gasteiger partial charge in [0.15, 0.2) is 0 Å². The van der Waals surface area contributed by atoms with Crippen LogP contribution in [0, 0.1) is 5.41 Å². The van der Waals surface area contributed by atoms with Crippen LogP contribution in [0.25, 0.3) is 0 Å². The zero-order chi connectivity index (χ0) is 30.5. The summed E-state index contributed by atoms with van der Waals surface area (Å²) in [5.74, 6) is -1.000. The van der Waals surface area contributed by atoms with Gasteiger partial charge in [-0.25, -0.2) is 0 Å². The topological polar surface area (TPSA) is 111 Å². The molecule has 2 aromatic rings. The molecule has 0 unspecified atom stereocenters. The van der Waals surface area contributed by atoms with Crippen molar-refractivity contribution in [3.8, 4) is 0 Å². The quantitative estimate of drug-likeness (QED) is 0.448. The van der Waals surface area contributed by atoms with E-state index in [1.165, 1.54) is 0 Å². The van der Waals surface area contributed by atoms with E-state index in [1.54, 1.807) is 23.8 Å². The van der Waals surface area contributed by atoms with Gasteiger partial charge in [0.1, 0.15) is 11.6 Å². The van der Waals surface area contributed by atoms with Crippen LogP contribution in [0.3, 0.4) is 0 Å². The van der Waals surface area contributed by atoms with E-state index in [0.29, 0.717) is 38.8 Å². The fourth-order valence-corrected chi connectivity index (χ4v) is 5.95. The second-order valence-electron chi connectivity index (χ2n) is 12.8. The predicted molar refractivity (Wildman–Crippen MR) is 162 cm³/mol. The average Bonchev–Trinajstić information content (AvgIpc) is 3.40. The summed E-state index contributed by atoms with van der Waals surface area (Å²) in [6, 6.07) is 17.7. The van der Waals surface area contributed by atoms with E-state index >= 15 is 0 Å². The molecular weight excluding hydrogens is 530 g/mol. The molecule has 2 aromatic carbocycles. The summed E-state index contributed by atoms with van der Waals surface area (Å²) in [6.07, 6.45) is 1.76. The number of likely N-dealkylation sites (N-methyl/N-ethyl adjacent to an activating group) is 1. The SMILES string of the molecule is CN[C@H](C)C(=O)N[C@@H]1CN(C(=O)CC(C)(C)C)CC[C@@]2(C(=O)NC(c3ccccc3)c3ccccc3)CCCN2C1=O. The minimum atomic E-state index is -1.14. The lowest BCUT2D eigenvalue weighted by Gasteiger charge is -2.44. The van der Waals surface area contributed by atoms with E-state index in [4.69, 9.17) is 0 Å². The van der Waals surface area contributed by atoms with Crippen LogP contribution in [-0.2, 0) is 19.2 Å². The van der Waals surface area contributed by atoms with E-state index < -0.39 is 23.7 Å². The Labute approximate surface area is 249 Å². The smallest absolute Gasteiger partial charge is 0.247 e. The largest absolute Gasteiger partial charge is 0.343 e. The Morgan fingerprint density at radius 1 is 0.952 bits per heavy atom. The highest BCUT2D eigenvalue weighted by Gasteiger charge is 2.53. The van der Waals surface area contributed by atoms with Crippen molar-refractivity contribution in [3.63, 3.8) is 0 Å². The first kappa shape index (κ1) is 31.2. The number of nitrogens with zero attached hydrogens (tertiary/aromatic N) is 2. The van der Waals surface area contributed by atoms with Gasteiger partial charge in [-0.05, 0) is 49.8 Å². The normalized spacial score (nSPS) is 21.8. The Hall–Kier alpha value is -3.72. The molecule has 2 saturated heterocycles. The number of carbonyl (C=O) groups excluding carboxylic acids is 4. The molecule has 9 heteroatoms. The Balaban J connectivity index is 1.70. The molecule has 4 amide bonds. The van der Waals surface area contributed by atoms with Gasteiger partial charge < -0.3 is 25.8 Å². The van der Waals surface area contributed by atoms with Crippen LogP contribution in [0.15, 0.2) is 60.7 Å². The van der Waals surface area contributed by atoms with Gasteiger partial charge in [0, 0.05) is 26.1 Å². The van der Waals surface area contributed by atoms with Crippen molar-refractivity contribution in [2.24, 2.45) is 5.41 Å². The average molecular weight is 576 g/mol. The fraction of sp³-hybridized carbons (Fsp3) is 0.515. The molecular formula is C33H45N5O4. The molecule has 3 N–H and O–H groups in total. The highest BCUT2D eigenvalue weighted by atomic mass is 16.2. The van der Waals surface area contributed by atoms with E-state index in [9.17, 15) is 19.2 Å². The number of hydrogen-bond acceptors (Lipinski definition) is 5. The van der Waals surface area contributed by atoms with Gasteiger partial charge in [0.2, 0.25) is 23.6 Å². The van der Waals surface area contributed by atoms with Crippen LogP contribution in [-0.4, -0.2) is 77.7 Å². The van der Waals surface area contributed by atoms with Crippen molar-refractivity contribution in [1.29, 1.82) is 0 Å². The lowest BCUT2D eigenvalue weighted by atomic mass is 9.86. The molecule has 2 heterocycles. The molecule has 2 aliphatic heterocycles. The van der Waals surface area contributed by atoms with E-state index in [2.05, 4.69) is 16.0 Å². The van der Waals surface area contributed by atoms with Crippen molar-refractivity contribution in [2.45, 2.75) is 77.0 Å². The van der Waals surface area contributed by atoms with Gasteiger partial charge in [-0.3, -0.25) is 19.2 Å². The number of hydrogen-bond donors (Lipinski definition) is 3. The first-order chi connectivity index (χ1) is 19.9. The van der Waals surface area contributed by atoms with Crippen molar-refractivity contribution < 1.29 is 19.2 Å². The van der Waals surface area contributed by atoms with Crippen molar-refractivity contribution in [2.75, 3.05) is 26.7 Å². The molecule has 0 radical (unpaired) electrons. The summed E-state index contributed by atoms with van der Waals surface area (Å²) in [5.41, 5.74) is 0.472. The van der Waals surface area contributed by atoms with Gasteiger partial charge in [-0.15, -0.1) is 0 Å². The maximum absolute atomic E-state index is 14.5. The van der Waals surface area contributed by atoms with Crippen LogP contribution in [0.5, 0.6) is 0 Å². The lowest BCUT2D eigenvalue weighted by Crippen LogP contribution is -2.66. The Bertz CT molecular complexity index is 1220. The summed E-state index contributed by atoms with van der Waals surface area (Å²) >= 11 is 0. The van der Waals surface area contributed by atoms with Gasteiger partial charge in [0.25, 0.3) is 0 Å². The maximum atomic E-state index is 14.5. The molecule has 2 fully saturated rings. The standard InChI is InChI=1S/C33H45N5O4/c1-23(34-5)29(40)35-26-22-37(27(39)21-32(2,3)4)20-18-33(17-12-19-38(33)30(26)41)31(42)36-28(24-13-8-6-9-14-24)25-15-10-7-11-16-25/h6-11,13-16,23,26,28,34H,12,17-22H2,1-5H3,(H,35,40)(H,36,42)/t23-,26-,33-/m1/s1. The first-order valence-corrected chi connectivity index (χ1v) is 14.9. The van der Waals surface area contributed by atoms with Gasteiger partial charge in [-0.1, -0.05) is 81.4 Å². The van der Waals surface area contributed by atoms with Crippen LogP contribution in [0.4, 0.5) is 0 Å². The predicted octanol–water partition coefficient (Wildman–Crippen LogP) is 3.01. The second kappa shape index (κ2) is 13.1. The van der Waals surface area contributed by atoms with Crippen LogP contribution in [0.2, 0.25) is 0 Å². The summed E-state index contributed by atoms with van der Waals surface area (Å²) in [7, 11) is 1.68. The maximum Gasteiger partial charge on any atom is 0.247 e. The van der Waals surface area contributed by atoms with Crippen LogP contribution < -0.4 is 16.0 Å². The molecule has 0 aliphatic carbocycles. The number of fused-ring (bicyclic) bond motifs is 1. The van der Waals surface area contributed by atoms with Crippen LogP contribution >= 0.6 is 0 Å². The van der Waals surface area contributed by atoms with Crippen LogP contribution in [0.1, 0.15) is 70.5 Å². The summed E-state index contributed by atoms with van der Waals surface area (Å²) < 4.78 is 0. The zero-order valence-corrected chi connectivity index (χ0v) is 25.5. The minimum absolute atomic E-state index is 0.0702. The van der Waals surface area contributed by atoms with E-state index in [0.717, 1.165) is 11.1 Å². The summed E-state index contributed by atoms with van der Waals surface area (Å²) in [6.45, 7) is 8.49. The summed E-state index contributed by atoms with van der Waals surface area (Å²) in [5, 5.41) is 9.06. The third-order valence-electron chi connectivity index (χ3n) is 8.39. The van der Waals surface area contributed by atoms with Gasteiger partial charge >= 0.3 is 0 Å². The number of amides is 4. The van der Waals surface area contributed by atoms with E-state index in [1.807, 2.05) is 81.4 Å². The molecule has 0 bridgehead atoms. The molecule has 0 spiro atoms. The Kier molecular flexibility index (Phi) is 9.71. The monoisotopic (exact) mass is 575 g/mol. The Morgan fingerprint density at radius 2 is 1.55 bits per heavy atom. The molecule has 3 atom stereocenters. The fourth-order valence-electron chi connectivity index (χ4n) is 5.95. The summed E-state index contributed by atoms with van der Waals surface area (Å²) in [4.78, 5) is 58.4. The van der Waals surface area contributed by atoms with Crippen molar-refractivity contribution in [1.82, 2.24) is 25.8 Å². The molecule has 226 valence electrons. The van der Waals surface area contributed by atoms with Gasteiger partial charge in [-0.2, -0.15) is 0 Å². The highest BCUT2D eigenvalue weighted by molar-refractivity contribution is 5.96. The number of rotatable bonds is 8. The van der Waals surface area contributed by atoms with Gasteiger partial charge in [0.05, 0.1) is 12.1 Å². The molecule has 4 rings (SSSR count). The van der Waals surface area contributed by atoms with E-state index in [-0.39, 0.29) is 35.6 Å². The first-order valence-electron chi connectivity index (χ1n) is 14.9. The number of carbonyl (C=O) groups is 4. The van der Waals surface area contributed by atoms with Crippen molar-refractivity contribution in [3.05, 3.63) is 71.8 Å². The molecule has 2 aliphatic rings. The Morgan fingerprint density at radius 3 is 2.10 bits per heavy atom.